The highest BCUT2D eigenvalue weighted by molar-refractivity contribution is 7.07. The molecule has 0 bridgehead atoms. The van der Waals surface area contributed by atoms with Crippen LogP contribution in [0, 0.1) is 10.1 Å². The zero-order valence-electron chi connectivity index (χ0n) is 26.0. The number of carbonyl (C=O) groups is 1. The lowest BCUT2D eigenvalue weighted by Crippen LogP contribution is -2.40. The number of para-hydroxylation sites is 2. The first-order valence-electron chi connectivity index (χ1n) is 15.1. The summed E-state index contributed by atoms with van der Waals surface area (Å²) in [6.45, 7) is 2.28. The van der Waals surface area contributed by atoms with Crippen LogP contribution in [0.1, 0.15) is 29.7 Å². The number of nitrogens with one attached hydrogen (secondary N) is 1. The SMILES string of the molecule is COc1cccc([C@H]2C(C(=O)Nc3ccccc3)=C(C)N=c3s/c(=C\c4cn(Cc5ccc([N+](=O)[O-])cc5)c5ccccc45)c(=O)n32)c1. The number of fused-ring (bicyclic) bond motifs is 2. The Morgan fingerprint density at radius 2 is 1.77 bits per heavy atom. The molecule has 0 radical (unpaired) electrons. The summed E-state index contributed by atoms with van der Waals surface area (Å²) in [6, 6.07) is 30.2. The maximum absolute atomic E-state index is 14.3. The lowest BCUT2D eigenvalue weighted by Gasteiger charge is -2.25. The van der Waals surface area contributed by atoms with E-state index in [0.29, 0.717) is 44.1 Å². The van der Waals surface area contributed by atoms with E-state index in [1.54, 1.807) is 30.7 Å². The first kappa shape index (κ1) is 30.6. The molecule has 48 heavy (non-hydrogen) atoms. The molecule has 6 aromatic rings. The predicted octanol–water partition coefficient (Wildman–Crippen LogP) is 5.79. The zero-order valence-corrected chi connectivity index (χ0v) is 26.8. The molecule has 4 aromatic carbocycles. The quantitative estimate of drug-likeness (QED) is 0.164. The van der Waals surface area contributed by atoms with Crippen molar-refractivity contribution in [3.8, 4) is 5.75 Å². The fourth-order valence-electron chi connectivity index (χ4n) is 6.04. The average molecular weight is 656 g/mol. The number of thiazole rings is 1. The smallest absolute Gasteiger partial charge is 0.271 e. The molecule has 238 valence electrons. The summed E-state index contributed by atoms with van der Waals surface area (Å²) >= 11 is 1.27. The summed E-state index contributed by atoms with van der Waals surface area (Å²) in [4.78, 5) is 44.2. The van der Waals surface area contributed by atoms with Crippen molar-refractivity contribution in [1.82, 2.24) is 9.13 Å². The standard InChI is InChI=1S/C37H29N5O5S/c1-23-33(35(43)39-27-10-4-3-5-11-27)34(25-9-8-12-29(19-25)47-2)41-36(44)32(48-37(41)38-23)20-26-22-40(31-14-7-6-13-30(26)31)21-24-15-17-28(18-16-24)42(45)46/h3-20,22,34H,21H2,1-2H3,(H,39,43)/b32-20-/t34-/m0/s1. The van der Waals surface area contributed by atoms with Crippen LogP contribution >= 0.6 is 11.3 Å². The van der Waals surface area contributed by atoms with E-state index in [1.807, 2.05) is 91.1 Å². The van der Waals surface area contributed by atoms with Crippen molar-refractivity contribution in [1.29, 1.82) is 0 Å². The van der Waals surface area contributed by atoms with Crippen LogP contribution in [0.25, 0.3) is 17.0 Å². The molecular formula is C37H29N5O5S. The van der Waals surface area contributed by atoms with Crippen molar-refractivity contribution in [2.45, 2.75) is 19.5 Å². The van der Waals surface area contributed by atoms with Crippen molar-refractivity contribution in [2.24, 2.45) is 4.99 Å². The molecule has 0 fully saturated rings. The number of amides is 1. The molecule has 11 heteroatoms. The monoisotopic (exact) mass is 655 g/mol. The van der Waals surface area contributed by atoms with Gasteiger partial charge in [0.15, 0.2) is 4.80 Å². The van der Waals surface area contributed by atoms with E-state index < -0.39 is 11.0 Å². The Kier molecular flexibility index (Phi) is 8.03. The van der Waals surface area contributed by atoms with Gasteiger partial charge in [-0.15, -0.1) is 0 Å². The number of aromatic nitrogens is 2. The number of allylic oxidation sites excluding steroid dienone is 1. The van der Waals surface area contributed by atoms with Gasteiger partial charge < -0.3 is 14.6 Å². The third-order valence-corrected chi connectivity index (χ3v) is 9.30. The first-order valence-corrected chi connectivity index (χ1v) is 16.0. The van der Waals surface area contributed by atoms with Crippen LogP contribution in [0.4, 0.5) is 11.4 Å². The summed E-state index contributed by atoms with van der Waals surface area (Å²) in [7, 11) is 1.58. The number of ether oxygens (including phenoxy) is 1. The Hall–Kier alpha value is -6.07. The lowest BCUT2D eigenvalue weighted by molar-refractivity contribution is -0.384. The van der Waals surface area contributed by atoms with Gasteiger partial charge >= 0.3 is 0 Å². The van der Waals surface area contributed by atoms with Gasteiger partial charge in [-0.05, 0) is 54.5 Å². The number of rotatable bonds is 8. The summed E-state index contributed by atoms with van der Waals surface area (Å²) in [6.07, 6.45) is 3.85. The number of nitro groups is 1. The third-order valence-electron chi connectivity index (χ3n) is 8.31. The van der Waals surface area contributed by atoms with Crippen LogP contribution in [0.15, 0.2) is 130 Å². The van der Waals surface area contributed by atoms with Crippen LogP contribution in [-0.2, 0) is 11.3 Å². The summed E-state index contributed by atoms with van der Waals surface area (Å²) in [5, 5.41) is 15.1. The maximum Gasteiger partial charge on any atom is 0.271 e. The summed E-state index contributed by atoms with van der Waals surface area (Å²) < 4.78 is 9.63. The van der Waals surface area contributed by atoms with Crippen molar-refractivity contribution in [3.63, 3.8) is 0 Å². The van der Waals surface area contributed by atoms with E-state index in [1.165, 1.54) is 23.5 Å². The van der Waals surface area contributed by atoms with E-state index in [-0.39, 0.29) is 17.2 Å². The highest BCUT2D eigenvalue weighted by Gasteiger charge is 2.33. The van der Waals surface area contributed by atoms with Gasteiger partial charge in [-0.3, -0.25) is 24.3 Å². The van der Waals surface area contributed by atoms with Gasteiger partial charge in [-0.25, -0.2) is 4.99 Å². The minimum atomic E-state index is -0.745. The van der Waals surface area contributed by atoms with Gasteiger partial charge in [0, 0.05) is 47.0 Å². The van der Waals surface area contributed by atoms with E-state index in [2.05, 4.69) is 9.88 Å². The van der Waals surface area contributed by atoms with Crippen LogP contribution in [0.2, 0.25) is 0 Å². The molecule has 1 aliphatic heterocycles. The molecule has 0 saturated carbocycles. The van der Waals surface area contributed by atoms with Crippen molar-refractivity contribution < 1.29 is 14.5 Å². The minimum absolute atomic E-state index is 0.0374. The Labute approximate surface area is 278 Å². The number of methoxy groups -OCH3 is 1. The molecule has 0 spiro atoms. The second kappa shape index (κ2) is 12.6. The number of hydrogen-bond acceptors (Lipinski definition) is 7. The van der Waals surface area contributed by atoms with Crippen molar-refractivity contribution in [3.05, 3.63) is 167 Å². The molecule has 0 unspecified atom stereocenters. The van der Waals surface area contributed by atoms with Gasteiger partial charge in [0.25, 0.3) is 17.2 Å². The Bertz CT molecular complexity index is 2420. The van der Waals surface area contributed by atoms with Gasteiger partial charge in [-0.1, -0.05) is 72.0 Å². The fourth-order valence-corrected chi connectivity index (χ4v) is 7.08. The van der Waals surface area contributed by atoms with Gasteiger partial charge in [0.2, 0.25) is 0 Å². The Morgan fingerprint density at radius 1 is 1.02 bits per heavy atom. The van der Waals surface area contributed by atoms with E-state index in [4.69, 9.17) is 9.73 Å². The van der Waals surface area contributed by atoms with Crippen LogP contribution in [0.3, 0.4) is 0 Å². The molecule has 2 aromatic heterocycles. The summed E-state index contributed by atoms with van der Waals surface area (Å²) in [5.74, 6) is 0.256. The second-order valence-electron chi connectivity index (χ2n) is 11.3. The number of nitro benzene ring substituents is 1. The largest absolute Gasteiger partial charge is 0.497 e. The number of non-ortho nitro benzene ring substituents is 1. The topological polar surface area (TPSA) is 121 Å². The van der Waals surface area contributed by atoms with Gasteiger partial charge in [0.05, 0.1) is 33.9 Å². The average Bonchev–Trinajstić information content (AvgIpc) is 3.60. The number of anilines is 1. The normalized spacial score (nSPS) is 14.5. The van der Waals surface area contributed by atoms with Crippen molar-refractivity contribution >= 4 is 45.6 Å². The molecule has 1 aliphatic rings. The van der Waals surface area contributed by atoms with Crippen LogP contribution in [-0.4, -0.2) is 27.1 Å². The lowest BCUT2D eigenvalue weighted by atomic mass is 9.95. The maximum atomic E-state index is 14.3. The molecule has 1 N–H and O–H groups in total. The molecular weight excluding hydrogens is 627 g/mol. The molecule has 3 heterocycles. The van der Waals surface area contributed by atoms with Crippen molar-refractivity contribution in [2.75, 3.05) is 12.4 Å². The molecule has 1 amide bonds. The van der Waals surface area contributed by atoms with Gasteiger partial charge in [0.1, 0.15) is 5.75 Å². The summed E-state index contributed by atoms with van der Waals surface area (Å²) in [5.41, 5.74) is 4.71. The highest BCUT2D eigenvalue weighted by atomic mass is 32.1. The van der Waals surface area contributed by atoms with Crippen LogP contribution < -0.4 is 24.9 Å². The number of carbonyl (C=O) groups excluding carboxylic acids is 1. The number of hydrogen-bond donors (Lipinski definition) is 1. The zero-order chi connectivity index (χ0) is 33.4. The molecule has 1 atom stereocenters. The highest BCUT2D eigenvalue weighted by Crippen LogP contribution is 2.32. The molecule has 7 rings (SSSR count). The molecule has 0 aliphatic carbocycles. The van der Waals surface area contributed by atoms with E-state index >= 15 is 0 Å². The first-order chi connectivity index (χ1) is 23.3. The van der Waals surface area contributed by atoms with E-state index in [9.17, 15) is 19.7 Å². The predicted molar refractivity (Wildman–Crippen MR) is 186 cm³/mol. The third kappa shape index (κ3) is 5.71. The molecule has 0 saturated heterocycles. The second-order valence-corrected chi connectivity index (χ2v) is 12.3. The number of nitrogens with zero attached hydrogens (tertiary/aromatic N) is 4. The minimum Gasteiger partial charge on any atom is -0.497 e. The fraction of sp³-hybridized carbons (Fsp3) is 0.108. The van der Waals surface area contributed by atoms with E-state index in [0.717, 1.165) is 22.0 Å². The van der Waals surface area contributed by atoms with Gasteiger partial charge in [-0.2, -0.15) is 0 Å². The van der Waals surface area contributed by atoms with Crippen LogP contribution in [0.5, 0.6) is 5.75 Å². The Morgan fingerprint density at radius 3 is 2.52 bits per heavy atom. The Balaban J connectivity index is 1.34. The molecule has 10 nitrogen and oxygen atoms in total. The number of benzene rings is 4.